The maximum atomic E-state index is 5.73. The van der Waals surface area contributed by atoms with E-state index >= 15 is 0 Å². The number of thioether (sulfide) groups is 1. The number of benzene rings is 2. The molecule has 3 rings (SSSR count). The molecule has 5 nitrogen and oxygen atoms in total. The van der Waals surface area contributed by atoms with Gasteiger partial charge in [-0.25, -0.2) is 0 Å². The number of aromatic nitrogens is 2. The number of ether oxygens (including phenoxy) is 2. The Morgan fingerprint density at radius 3 is 2.52 bits per heavy atom. The van der Waals surface area contributed by atoms with Gasteiger partial charge in [-0.3, -0.25) is 0 Å². The zero-order chi connectivity index (χ0) is 17.5. The Balaban J connectivity index is 1.43. The monoisotopic (exact) mass is 356 g/mol. The van der Waals surface area contributed by atoms with Crippen LogP contribution < -0.4 is 9.47 Å². The maximum absolute atomic E-state index is 5.73. The summed E-state index contributed by atoms with van der Waals surface area (Å²) in [6.07, 6.45) is 0.888. The van der Waals surface area contributed by atoms with Gasteiger partial charge >= 0.3 is 0 Å². The Labute approximate surface area is 151 Å². The maximum Gasteiger partial charge on any atom is 0.276 e. The summed E-state index contributed by atoms with van der Waals surface area (Å²) < 4.78 is 16.5. The largest absolute Gasteiger partial charge is 0.497 e. The zero-order valence-corrected chi connectivity index (χ0v) is 15.1. The van der Waals surface area contributed by atoms with Crippen molar-refractivity contribution in [2.75, 3.05) is 19.5 Å². The minimum absolute atomic E-state index is 0.565. The fourth-order valence-corrected chi connectivity index (χ4v) is 2.94. The quantitative estimate of drug-likeness (QED) is 0.434. The van der Waals surface area contributed by atoms with Crippen LogP contribution in [-0.4, -0.2) is 29.7 Å². The molecule has 25 heavy (non-hydrogen) atoms. The number of rotatable bonds is 8. The lowest BCUT2D eigenvalue weighted by Gasteiger charge is -2.06. The lowest BCUT2D eigenvalue weighted by atomic mass is 10.1. The highest BCUT2D eigenvalue weighted by molar-refractivity contribution is 7.99. The van der Waals surface area contributed by atoms with Crippen molar-refractivity contribution in [2.45, 2.75) is 18.6 Å². The SMILES string of the molecule is COc1ccc(OCCCSc2nnc(-c3ccccc3C)o2)cc1. The van der Waals surface area contributed by atoms with Crippen LogP contribution >= 0.6 is 11.8 Å². The Bertz CT molecular complexity index is 802. The summed E-state index contributed by atoms with van der Waals surface area (Å²) in [5.41, 5.74) is 2.10. The Hall–Kier alpha value is -2.47. The van der Waals surface area contributed by atoms with E-state index < -0.39 is 0 Å². The molecule has 0 amide bonds. The predicted octanol–water partition coefficient (Wildman–Crippen LogP) is 4.61. The van der Waals surface area contributed by atoms with Crippen LogP contribution in [0.1, 0.15) is 12.0 Å². The number of aryl methyl sites for hydroxylation is 1. The van der Waals surface area contributed by atoms with Crippen LogP contribution in [0, 0.1) is 6.92 Å². The Morgan fingerprint density at radius 1 is 1.00 bits per heavy atom. The third-order valence-electron chi connectivity index (χ3n) is 3.62. The fourth-order valence-electron chi connectivity index (χ4n) is 2.27. The smallest absolute Gasteiger partial charge is 0.276 e. The van der Waals surface area contributed by atoms with Gasteiger partial charge in [0.15, 0.2) is 0 Å². The van der Waals surface area contributed by atoms with Crippen LogP contribution in [0.15, 0.2) is 58.2 Å². The van der Waals surface area contributed by atoms with Crippen molar-refractivity contribution < 1.29 is 13.9 Å². The molecule has 2 aromatic carbocycles. The van der Waals surface area contributed by atoms with Gasteiger partial charge in [0, 0.05) is 11.3 Å². The van der Waals surface area contributed by atoms with Crippen molar-refractivity contribution in [3.8, 4) is 23.0 Å². The molecule has 0 aliphatic heterocycles. The third kappa shape index (κ3) is 4.76. The summed E-state index contributed by atoms with van der Waals surface area (Å²) in [5, 5.41) is 8.82. The summed E-state index contributed by atoms with van der Waals surface area (Å²) in [6, 6.07) is 15.6. The molecule has 1 aromatic heterocycles. The van der Waals surface area contributed by atoms with Crippen molar-refractivity contribution in [2.24, 2.45) is 0 Å². The van der Waals surface area contributed by atoms with E-state index in [1.165, 1.54) is 0 Å². The van der Waals surface area contributed by atoms with Crippen LogP contribution in [0.5, 0.6) is 11.5 Å². The van der Waals surface area contributed by atoms with Crippen LogP contribution in [-0.2, 0) is 0 Å². The standard InChI is InChI=1S/C19H20N2O3S/c1-14-6-3-4-7-17(14)18-20-21-19(24-18)25-13-5-12-23-16-10-8-15(22-2)9-11-16/h3-4,6-11H,5,12-13H2,1-2H3. The molecular formula is C19H20N2O3S. The van der Waals surface area contributed by atoms with E-state index in [1.807, 2.05) is 55.5 Å². The molecule has 0 atom stereocenters. The van der Waals surface area contributed by atoms with Crippen LogP contribution in [0.2, 0.25) is 0 Å². The lowest BCUT2D eigenvalue weighted by Crippen LogP contribution is -1.98. The van der Waals surface area contributed by atoms with Gasteiger partial charge in [0.2, 0.25) is 5.89 Å². The highest BCUT2D eigenvalue weighted by atomic mass is 32.2. The van der Waals surface area contributed by atoms with Crippen LogP contribution in [0.3, 0.4) is 0 Å². The first-order valence-electron chi connectivity index (χ1n) is 8.05. The third-order valence-corrected chi connectivity index (χ3v) is 4.53. The number of hydrogen-bond donors (Lipinski definition) is 0. The first-order valence-corrected chi connectivity index (χ1v) is 9.04. The van der Waals surface area contributed by atoms with E-state index in [-0.39, 0.29) is 0 Å². The average molecular weight is 356 g/mol. The molecule has 0 bridgehead atoms. The van der Waals surface area contributed by atoms with E-state index in [2.05, 4.69) is 10.2 Å². The molecule has 0 radical (unpaired) electrons. The summed E-state index contributed by atoms with van der Waals surface area (Å²) in [6.45, 7) is 2.67. The van der Waals surface area contributed by atoms with E-state index in [4.69, 9.17) is 13.9 Å². The van der Waals surface area contributed by atoms with Gasteiger partial charge in [-0.2, -0.15) is 0 Å². The molecule has 130 valence electrons. The Morgan fingerprint density at radius 2 is 1.76 bits per heavy atom. The highest BCUT2D eigenvalue weighted by Crippen LogP contribution is 2.25. The molecular weight excluding hydrogens is 336 g/mol. The molecule has 1 heterocycles. The van der Waals surface area contributed by atoms with E-state index in [1.54, 1.807) is 18.9 Å². The van der Waals surface area contributed by atoms with Gasteiger partial charge in [0.1, 0.15) is 11.5 Å². The van der Waals surface area contributed by atoms with Gasteiger partial charge in [-0.15, -0.1) is 10.2 Å². The van der Waals surface area contributed by atoms with E-state index in [0.29, 0.717) is 17.7 Å². The molecule has 0 aliphatic rings. The lowest BCUT2D eigenvalue weighted by molar-refractivity contribution is 0.317. The fraction of sp³-hybridized carbons (Fsp3) is 0.263. The van der Waals surface area contributed by atoms with Crippen molar-refractivity contribution in [3.05, 3.63) is 54.1 Å². The highest BCUT2D eigenvalue weighted by Gasteiger charge is 2.10. The first-order chi connectivity index (χ1) is 12.3. The summed E-state index contributed by atoms with van der Waals surface area (Å²) in [5.74, 6) is 3.08. The summed E-state index contributed by atoms with van der Waals surface area (Å²) in [4.78, 5) is 0. The molecule has 0 fully saturated rings. The molecule has 0 aliphatic carbocycles. The molecule has 0 spiro atoms. The number of nitrogens with zero attached hydrogens (tertiary/aromatic N) is 2. The van der Waals surface area contributed by atoms with Crippen LogP contribution in [0.4, 0.5) is 0 Å². The predicted molar refractivity (Wildman–Crippen MR) is 98.3 cm³/mol. The van der Waals surface area contributed by atoms with Gasteiger partial charge in [-0.1, -0.05) is 30.0 Å². The second-order valence-corrected chi connectivity index (χ2v) is 6.46. The molecule has 3 aromatic rings. The number of methoxy groups -OCH3 is 1. The zero-order valence-electron chi connectivity index (χ0n) is 14.3. The van der Waals surface area contributed by atoms with Gasteiger partial charge in [-0.05, 0) is 49.2 Å². The summed E-state index contributed by atoms with van der Waals surface area (Å²) in [7, 11) is 1.65. The number of hydrogen-bond acceptors (Lipinski definition) is 6. The molecule has 0 saturated carbocycles. The molecule has 0 saturated heterocycles. The van der Waals surface area contributed by atoms with Gasteiger partial charge in [0.25, 0.3) is 5.22 Å². The normalized spacial score (nSPS) is 10.6. The van der Waals surface area contributed by atoms with Crippen molar-refractivity contribution in [3.63, 3.8) is 0 Å². The second kappa shape index (κ2) is 8.58. The van der Waals surface area contributed by atoms with E-state index in [9.17, 15) is 0 Å². The summed E-state index contributed by atoms with van der Waals surface area (Å²) >= 11 is 1.54. The van der Waals surface area contributed by atoms with Crippen molar-refractivity contribution >= 4 is 11.8 Å². The van der Waals surface area contributed by atoms with Crippen molar-refractivity contribution in [1.82, 2.24) is 10.2 Å². The first kappa shape index (κ1) is 17.4. The second-order valence-electron chi connectivity index (χ2n) is 5.41. The minimum Gasteiger partial charge on any atom is -0.497 e. The Kier molecular flexibility index (Phi) is 5.95. The topological polar surface area (TPSA) is 57.4 Å². The average Bonchev–Trinajstić information content (AvgIpc) is 3.11. The van der Waals surface area contributed by atoms with Crippen molar-refractivity contribution in [1.29, 1.82) is 0 Å². The molecule has 0 unspecified atom stereocenters. The van der Waals surface area contributed by atoms with E-state index in [0.717, 1.165) is 34.8 Å². The minimum atomic E-state index is 0.565. The van der Waals surface area contributed by atoms with Crippen LogP contribution in [0.25, 0.3) is 11.5 Å². The molecule has 0 N–H and O–H groups in total. The molecule has 6 heteroatoms. The van der Waals surface area contributed by atoms with Gasteiger partial charge in [0.05, 0.1) is 13.7 Å². The van der Waals surface area contributed by atoms with Gasteiger partial charge < -0.3 is 13.9 Å².